The third-order valence-corrected chi connectivity index (χ3v) is 3.44. The number of carboxylic acid groups (broad SMARTS) is 1. The number of carboxylic acids is 1. The molecule has 0 aliphatic rings. The number of imidazole rings is 1. The summed E-state index contributed by atoms with van der Waals surface area (Å²) >= 11 is 6.13. The van der Waals surface area contributed by atoms with Crippen molar-refractivity contribution in [2.75, 3.05) is 0 Å². The molecule has 20 heavy (non-hydrogen) atoms. The molecule has 0 spiro atoms. The number of fused-ring (bicyclic) bond motifs is 1. The van der Waals surface area contributed by atoms with Crippen molar-refractivity contribution in [2.24, 2.45) is 7.05 Å². The van der Waals surface area contributed by atoms with Crippen molar-refractivity contribution in [2.45, 2.75) is 0 Å². The number of hydrogen-bond donors (Lipinski definition) is 1. The van der Waals surface area contributed by atoms with Gasteiger partial charge in [-0.2, -0.15) is 0 Å². The molecule has 0 unspecified atom stereocenters. The Bertz CT molecular complexity index is 826. The van der Waals surface area contributed by atoms with Crippen LogP contribution < -0.4 is 0 Å². The molecule has 5 nitrogen and oxygen atoms in total. The topological polar surface area (TPSA) is 68.0 Å². The highest BCUT2D eigenvalue weighted by Gasteiger charge is 2.14. The zero-order chi connectivity index (χ0) is 14.3. The quantitative estimate of drug-likeness (QED) is 0.787. The number of nitrogens with zero attached hydrogens (tertiary/aromatic N) is 3. The first-order chi connectivity index (χ1) is 9.58. The van der Waals surface area contributed by atoms with Crippen molar-refractivity contribution in [3.63, 3.8) is 0 Å². The summed E-state index contributed by atoms with van der Waals surface area (Å²) in [6, 6.07) is 6.63. The predicted octanol–water partition coefficient (Wildman–Crippen LogP) is 2.99. The Balaban J connectivity index is 2.26. The van der Waals surface area contributed by atoms with E-state index < -0.39 is 5.97 Å². The van der Waals surface area contributed by atoms with Gasteiger partial charge in [-0.15, -0.1) is 0 Å². The lowest BCUT2D eigenvalue weighted by Crippen LogP contribution is -1.96. The summed E-state index contributed by atoms with van der Waals surface area (Å²) in [5.41, 5.74) is 2.44. The van der Waals surface area contributed by atoms with Crippen molar-refractivity contribution in [3.05, 3.63) is 47.2 Å². The average molecular weight is 288 g/mol. The van der Waals surface area contributed by atoms with Crippen LogP contribution in [0.1, 0.15) is 10.4 Å². The molecule has 0 aliphatic heterocycles. The number of hydrogen-bond acceptors (Lipinski definition) is 3. The zero-order valence-electron chi connectivity index (χ0n) is 10.5. The number of pyridine rings is 1. The summed E-state index contributed by atoms with van der Waals surface area (Å²) in [7, 11) is 1.86. The Morgan fingerprint density at radius 1 is 1.35 bits per heavy atom. The van der Waals surface area contributed by atoms with E-state index in [-0.39, 0.29) is 5.56 Å². The second kappa shape index (κ2) is 4.61. The molecule has 2 aromatic heterocycles. The first-order valence-electron chi connectivity index (χ1n) is 5.87. The number of halogens is 1. The van der Waals surface area contributed by atoms with Crippen molar-refractivity contribution in [1.29, 1.82) is 0 Å². The molecule has 3 aromatic rings. The third-order valence-electron chi connectivity index (χ3n) is 3.14. The average Bonchev–Trinajstić information content (AvgIpc) is 2.76. The summed E-state index contributed by atoms with van der Waals surface area (Å²) < 4.78 is 1.88. The van der Waals surface area contributed by atoms with E-state index in [4.69, 9.17) is 16.7 Å². The van der Waals surface area contributed by atoms with E-state index in [9.17, 15) is 4.79 Å². The van der Waals surface area contributed by atoms with Gasteiger partial charge in [-0.3, -0.25) is 4.98 Å². The molecular formula is C14H10ClN3O2. The lowest BCUT2D eigenvalue weighted by Gasteiger charge is -2.03. The number of rotatable bonds is 2. The van der Waals surface area contributed by atoms with E-state index in [2.05, 4.69) is 9.97 Å². The summed E-state index contributed by atoms with van der Waals surface area (Å²) in [6.45, 7) is 0. The molecule has 0 radical (unpaired) electrons. The summed E-state index contributed by atoms with van der Waals surface area (Å²) in [5.74, 6) is -0.295. The van der Waals surface area contributed by atoms with Crippen molar-refractivity contribution < 1.29 is 9.90 Å². The molecule has 1 N–H and O–H groups in total. The van der Waals surface area contributed by atoms with Gasteiger partial charge < -0.3 is 9.67 Å². The molecule has 1 aromatic carbocycles. The first-order valence-corrected chi connectivity index (χ1v) is 6.25. The summed E-state index contributed by atoms with van der Waals surface area (Å²) in [4.78, 5) is 19.4. The maximum absolute atomic E-state index is 11.0. The minimum Gasteiger partial charge on any atom is -0.478 e. The Labute approximate surface area is 119 Å². The number of benzene rings is 1. The van der Waals surface area contributed by atoms with Gasteiger partial charge in [-0.25, -0.2) is 9.78 Å². The van der Waals surface area contributed by atoms with E-state index in [0.29, 0.717) is 16.4 Å². The van der Waals surface area contributed by atoms with Crippen LogP contribution in [0.25, 0.3) is 22.4 Å². The lowest BCUT2D eigenvalue weighted by molar-refractivity contribution is 0.0697. The smallest absolute Gasteiger partial charge is 0.335 e. The van der Waals surface area contributed by atoms with E-state index in [1.54, 1.807) is 36.7 Å². The normalized spacial score (nSPS) is 10.9. The molecule has 0 saturated carbocycles. The molecule has 0 fully saturated rings. The van der Waals surface area contributed by atoms with Crippen LogP contribution in [0.15, 0.2) is 36.7 Å². The van der Waals surface area contributed by atoms with Gasteiger partial charge in [-0.05, 0) is 24.3 Å². The Morgan fingerprint density at radius 2 is 2.15 bits per heavy atom. The molecule has 0 amide bonds. The van der Waals surface area contributed by atoms with E-state index in [1.165, 1.54) is 0 Å². The Morgan fingerprint density at radius 3 is 2.85 bits per heavy atom. The minimum absolute atomic E-state index is 0.211. The molecule has 100 valence electrons. The second-order valence-electron chi connectivity index (χ2n) is 4.36. The maximum atomic E-state index is 11.0. The van der Waals surface area contributed by atoms with Gasteiger partial charge in [0, 0.05) is 25.0 Å². The largest absolute Gasteiger partial charge is 0.478 e. The molecule has 3 rings (SSSR count). The number of aromatic carboxylic acids is 1. The van der Waals surface area contributed by atoms with Gasteiger partial charge in [0.1, 0.15) is 5.82 Å². The van der Waals surface area contributed by atoms with Crippen LogP contribution >= 0.6 is 11.6 Å². The molecule has 0 aliphatic carbocycles. The van der Waals surface area contributed by atoms with Crippen LogP contribution in [0, 0.1) is 0 Å². The SMILES string of the molecule is Cn1c(-c2ccncc2Cl)nc2cc(C(=O)O)ccc21. The molecule has 0 bridgehead atoms. The van der Waals surface area contributed by atoms with Crippen LogP contribution in [0.5, 0.6) is 0 Å². The van der Waals surface area contributed by atoms with Gasteiger partial charge in [0.15, 0.2) is 0 Å². The lowest BCUT2D eigenvalue weighted by atomic mass is 10.2. The van der Waals surface area contributed by atoms with Crippen LogP contribution in [0.2, 0.25) is 5.02 Å². The highest BCUT2D eigenvalue weighted by Crippen LogP contribution is 2.28. The third kappa shape index (κ3) is 1.92. The van der Waals surface area contributed by atoms with Crippen LogP contribution in [-0.4, -0.2) is 25.6 Å². The number of aromatic nitrogens is 3. The van der Waals surface area contributed by atoms with E-state index >= 15 is 0 Å². The van der Waals surface area contributed by atoms with Gasteiger partial charge in [-0.1, -0.05) is 11.6 Å². The van der Waals surface area contributed by atoms with Gasteiger partial charge in [0.2, 0.25) is 0 Å². The van der Waals surface area contributed by atoms with E-state index in [1.807, 2.05) is 11.6 Å². The fraction of sp³-hybridized carbons (Fsp3) is 0.0714. The molecular weight excluding hydrogens is 278 g/mol. The van der Waals surface area contributed by atoms with Crippen LogP contribution in [0.3, 0.4) is 0 Å². The van der Waals surface area contributed by atoms with Crippen molar-refractivity contribution in [1.82, 2.24) is 14.5 Å². The van der Waals surface area contributed by atoms with E-state index in [0.717, 1.165) is 11.1 Å². The standard InChI is InChI=1S/C14H10ClN3O2/c1-18-12-3-2-8(14(19)20)6-11(12)17-13(18)9-4-5-16-7-10(9)15/h2-7H,1H3,(H,19,20). The Kier molecular flexibility index (Phi) is 2.91. The Hall–Kier alpha value is -2.40. The fourth-order valence-electron chi connectivity index (χ4n) is 2.13. The molecule has 0 atom stereocenters. The fourth-order valence-corrected chi connectivity index (χ4v) is 2.33. The van der Waals surface area contributed by atoms with Crippen LogP contribution in [0.4, 0.5) is 0 Å². The molecule has 2 heterocycles. The monoisotopic (exact) mass is 287 g/mol. The predicted molar refractivity (Wildman–Crippen MR) is 75.9 cm³/mol. The van der Waals surface area contributed by atoms with Crippen LogP contribution in [-0.2, 0) is 7.05 Å². The van der Waals surface area contributed by atoms with Crippen molar-refractivity contribution in [3.8, 4) is 11.4 Å². The maximum Gasteiger partial charge on any atom is 0.335 e. The number of carbonyl (C=O) groups is 1. The summed E-state index contributed by atoms with van der Waals surface area (Å²) in [5, 5.41) is 9.52. The molecule has 0 saturated heterocycles. The molecule has 6 heteroatoms. The highest BCUT2D eigenvalue weighted by atomic mass is 35.5. The number of aryl methyl sites for hydroxylation is 1. The zero-order valence-corrected chi connectivity index (χ0v) is 11.3. The first kappa shape index (κ1) is 12.6. The van der Waals surface area contributed by atoms with Gasteiger partial charge in [0.05, 0.1) is 21.6 Å². The summed E-state index contributed by atoms with van der Waals surface area (Å²) in [6.07, 6.45) is 3.20. The van der Waals surface area contributed by atoms with Gasteiger partial charge in [0.25, 0.3) is 0 Å². The van der Waals surface area contributed by atoms with Gasteiger partial charge >= 0.3 is 5.97 Å². The van der Waals surface area contributed by atoms with Crippen molar-refractivity contribution >= 4 is 28.6 Å². The minimum atomic E-state index is -0.971. The highest BCUT2D eigenvalue weighted by molar-refractivity contribution is 6.33. The second-order valence-corrected chi connectivity index (χ2v) is 4.77.